The van der Waals surface area contributed by atoms with Gasteiger partial charge in [-0.2, -0.15) is 5.26 Å². The summed E-state index contributed by atoms with van der Waals surface area (Å²) in [6.45, 7) is 7.20. The van der Waals surface area contributed by atoms with Gasteiger partial charge in [-0.05, 0) is 11.6 Å². The fourth-order valence-electron chi connectivity index (χ4n) is 0.467. The summed E-state index contributed by atoms with van der Waals surface area (Å²) >= 11 is 6.41. The van der Waals surface area contributed by atoms with Crippen LogP contribution in [0.4, 0.5) is 0 Å². The summed E-state index contributed by atoms with van der Waals surface area (Å²) in [5.74, 6) is 0. The molecule has 0 aromatic heterocycles. The predicted molar refractivity (Wildman–Crippen MR) is 54.7 cm³/mol. The minimum atomic E-state index is 0.461. The second-order valence-electron chi connectivity index (χ2n) is 1.84. The molecule has 1 nitrogen and oxygen atoms in total. The zero-order valence-electron chi connectivity index (χ0n) is 5.90. The van der Waals surface area contributed by atoms with E-state index < -0.39 is 0 Å². The summed E-state index contributed by atoms with van der Waals surface area (Å²) in [5, 5.41) is 9.11. The number of hydrogen-bond acceptors (Lipinski definition) is 1. The van der Waals surface area contributed by atoms with E-state index in [2.05, 4.69) is 45.0 Å². The van der Waals surface area contributed by atoms with Gasteiger partial charge in [0.15, 0.2) is 0 Å². The second-order valence-corrected chi connectivity index (χ2v) is 3.42. The number of allylic oxidation sites excluding steroid dienone is 4. The third kappa shape index (κ3) is 4.18. The molecule has 0 aromatic rings. The van der Waals surface area contributed by atoms with Gasteiger partial charge in [-0.15, -0.1) is 0 Å². The first kappa shape index (κ1) is 10.7. The Morgan fingerprint density at radius 3 is 2.36 bits per heavy atom. The van der Waals surface area contributed by atoms with E-state index in [0.717, 1.165) is 10.1 Å². The van der Waals surface area contributed by atoms with E-state index in [1.54, 1.807) is 6.08 Å². The quantitative estimate of drug-likeness (QED) is 0.441. The van der Waals surface area contributed by atoms with Gasteiger partial charge in [0.1, 0.15) is 0 Å². The van der Waals surface area contributed by atoms with E-state index in [-0.39, 0.29) is 0 Å². The first-order valence-electron chi connectivity index (χ1n) is 2.82. The molecule has 3 heteroatoms. The normalized spacial score (nSPS) is 10.5. The van der Waals surface area contributed by atoms with Crippen LogP contribution in [0.15, 0.2) is 34.9 Å². The van der Waals surface area contributed by atoms with E-state index in [4.69, 9.17) is 5.26 Å². The van der Waals surface area contributed by atoms with Gasteiger partial charge in [-0.25, -0.2) is 0 Å². The maximum absolute atomic E-state index is 8.49. The van der Waals surface area contributed by atoms with Crippen molar-refractivity contribution in [1.82, 2.24) is 0 Å². The maximum atomic E-state index is 8.49. The molecule has 0 fully saturated rings. The summed E-state index contributed by atoms with van der Waals surface area (Å²) in [6.07, 6.45) is 1.76. The van der Waals surface area contributed by atoms with E-state index in [1.165, 1.54) is 0 Å². The third-order valence-electron chi connectivity index (χ3n) is 0.997. The van der Waals surface area contributed by atoms with Crippen LogP contribution in [-0.2, 0) is 0 Å². The van der Waals surface area contributed by atoms with Crippen molar-refractivity contribution in [2.75, 3.05) is 5.33 Å². The molecule has 58 valence electrons. The van der Waals surface area contributed by atoms with E-state index >= 15 is 0 Å². The Hall–Kier alpha value is -0.330. The number of rotatable bonds is 3. The average molecular weight is 277 g/mol. The molecule has 0 saturated carbocycles. The number of hydrogen-bond donors (Lipinski definition) is 0. The number of alkyl halides is 1. The average Bonchev–Trinajstić information content (AvgIpc) is 1.98. The van der Waals surface area contributed by atoms with Gasteiger partial charge >= 0.3 is 0 Å². The third-order valence-corrected chi connectivity index (χ3v) is 1.83. The summed E-state index contributed by atoms with van der Waals surface area (Å²) in [7, 11) is 0. The summed E-state index contributed by atoms with van der Waals surface area (Å²) in [4.78, 5) is 0. The SMILES string of the molecule is C=C(Br)/C=C(/CBr)C(=C)C#N. The second kappa shape index (κ2) is 5.34. The Bertz CT molecular complexity index is 245. The van der Waals surface area contributed by atoms with Crippen molar-refractivity contribution in [1.29, 1.82) is 5.26 Å². The van der Waals surface area contributed by atoms with Crippen molar-refractivity contribution >= 4 is 31.9 Å². The van der Waals surface area contributed by atoms with Crippen molar-refractivity contribution < 1.29 is 0 Å². The molecule has 0 aliphatic heterocycles. The highest BCUT2D eigenvalue weighted by Crippen LogP contribution is 2.14. The molecule has 0 amide bonds. The molecule has 0 rings (SSSR count). The van der Waals surface area contributed by atoms with Crippen LogP contribution in [0.5, 0.6) is 0 Å². The topological polar surface area (TPSA) is 23.8 Å². The molecule has 11 heavy (non-hydrogen) atoms. The Kier molecular flexibility index (Phi) is 5.18. The van der Waals surface area contributed by atoms with Crippen molar-refractivity contribution in [3.05, 3.63) is 34.9 Å². The van der Waals surface area contributed by atoms with E-state index in [1.807, 2.05) is 6.07 Å². The van der Waals surface area contributed by atoms with Gasteiger partial charge in [0.2, 0.25) is 0 Å². The Labute approximate surface area is 83.4 Å². The van der Waals surface area contributed by atoms with Gasteiger partial charge in [0, 0.05) is 15.4 Å². The van der Waals surface area contributed by atoms with Crippen LogP contribution < -0.4 is 0 Å². The summed E-state index contributed by atoms with van der Waals surface area (Å²) in [6, 6.07) is 1.97. The lowest BCUT2D eigenvalue weighted by Crippen LogP contribution is -1.86. The first-order chi connectivity index (χ1) is 5.11. The molecule has 0 bridgehead atoms. The molecule has 0 aliphatic rings. The zero-order valence-corrected chi connectivity index (χ0v) is 9.07. The van der Waals surface area contributed by atoms with Crippen LogP contribution in [0.3, 0.4) is 0 Å². The van der Waals surface area contributed by atoms with Crippen LogP contribution in [0.2, 0.25) is 0 Å². The number of nitrogens with zero attached hydrogens (tertiary/aromatic N) is 1. The lowest BCUT2D eigenvalue weighted by atomic mass is 10.1. The van der Waals surface area contributed by atoms with E-state index in [9.17, 15) is 0 Å². The largest absolute Gasteiger partial charge is 0.192 e. The van der Waals surface area contributed by atoms with Crippen molar-refractivity contribution in [2.45, 2.75) is 0 Å². The van der Waals surface area contributed by atoms with Crippen LogP contribution >= 0.6 is 31.9 Å². The van der Waals surface area contributed by atoms with Crippen LogP contribution in [0, 0.1) is 11.3 Å². The minimum absolute atomic E-state index is 0.461. The van der Waals surface area contributed by atoms with Crippen LogP contribution in [0.25, 0.3) is 0 Å². The van der Waals surface area contributed by atoms with Crippen molar-refractivity contribution in [2.24, 2.45) is 0 Å². The molecule has 0 atom stereocenters. The molecule has 0 saturated heterocycles. The molecule has 0 N–H and O–H groups in total. The first-order valence-corrected chi connectivity index (χ1v) is 4.73. The summed E-state index contributed by atoms with van der Waals surface area (Å²) in [5.41, 5.74) is 1.30. The van der Waals surface area contributed by atoms with Crippen LogP contribution in [0.1, 0.15) is 0 Å². The highest BCUT2D eigenvalue weighted by Gasteiger charge is 1.98. The molecule has 0 unspecified atom stereocenters. The lowest BCUT2D eigenvalue weighted by Gasteiger charge is -1.97. The molecule has 0 spiro atoms. The van der Waals surface area contributed by atoms with Gasteiger partial charge in [-0.1, -0.05) is 45.0 Å². The van der Waals surface area contributed by atoms with Gasteiger partial charge in [0.05, 0.1) is 6.07 Å². The fraction of sp³-hybridized carbons (Fsp3) is 0.125. The highest BCUT2D eigenvalue weighted by atomic mass is 79.9. The molecule has 0 radical (unpaired) electrons. The Balaban J connectivity index is 4.56. The smallest absolute Gasteiger partial charge is 0.0988 e. The summed E-state index contributed by atoms with van der Waals surface area (Å²) < 4.78 is 0.739. The zero-order chi connectivity index (χ0) is 8.85. The molecule has 0 heterocycles. The fourth-order valence-corrected chi connectivity index (χ4v) is 1.24. The number of nitriles is 1. The minimum Gasteiger partial charge on any atom is -0.192 e. The van der Waals surface area contributed by atoms with Gasteiger partial charge < -0.3 is 0 Å². The van der Waals surface area contributed by atoms with Crippen molar-refractivity contribution in [3.63, 3.8) is 0 Å². The van der Waals surface area contributed by atoms with Crippen LogP contribution in [-0.4, -0.2) is 5.33 Å². The highest BCUT2D eigenvalue weighted by molar-refractivity contribution is 9.11. The van der Waals surface area contributed by atoms with Gasteiger partial charge in [-0.3, -0.25) is 0 Å². The van der Waals surface area contributed by atoms with Crippen molar-refractivity contribution in [3.8, 4) is 6.07 Å². The van der Waals surface area contributed by atoms with Gasteiger partial charge in [0.25, 0.3) is 0 Å². The monoisotopic (exact) mass is 275 g/mol. The Morgan fingerprint density at radius 1 is 1.55 bits per heavy atom. The number of halogens is 2. The molecular formula is C8H7Br2N. The molecular weight excluding hydrogens is 270 g/mol. The maximum Gasteiger partial charge on any atom is 0.0988 e. The lowest BCUT2D eigenvalue weighted by molar-refractivity contribution is 1.43. The molecule has 0 aromatic carbocycles. The van der Waals surface area contributed by atoms with E-state index in [0.29, 0.717) is 10.9 Å². The Morgan fingerprint density at radius 2 is 2.09 bits per heavy atom. The molecule has 0 aliphatic carbocycles. The standard InChI is InChI=1S/C8H7Br2N/c1-6(5-11)8(4-9)3-7(2)10/h3H,1-2,4H2/b8-3-. The predicted octanol–water partition coefficient (Wildman–Crippen LogP) is 3.30.